The number of nitrogen functional groups attached to an aromatic ring is 2. The SMILES string of the molecule is Nc1ccc(CCCNc2cc3nc(-c4ccco4)nn3c(N)n2)cc1. The molecule has 3 heterocycles. The highest BCUT2D eigenvalue weighted by Gasteiger charge is 2.12. The largest absolute Gasteiger partial charge is 0.461 e. The molecule has 8 heteroatoms. The van der Waals surface area contributed by atoms with Gasteiger partial charge in [0.2, 0.25) is 11.8 Å². The van der Waals surface area contributed by atoms with Gasteiger partial charge in [-0.3, -0.25) is 0 Å². The Labute approximate surface area is 149 Å². The van der Waals surface area contributed by atoms with Crippen LogP contribution in [-0.4, -0.2) is 26.1 Å². The molecule has 0 spiro atoms. The third-order valence-corrected chi connectivity index (χ3v) is 4.02. The first-order chi connectivity index (χ1) is 12.7. The second-order valence-corrected chi connectivity index (χ2v) is 5.95. The Morgan fingerprint density at radius 3 is 2.69 bits per heavy atom. The molecular weight excluding hydrogens is 330 g/mol. The second-order valence-electron chi connectivity index (χ2n) is 5.95. The van der Waals surface area contributed by atoms with Crippen molar-refractivity contribution in [2.24, 2.45) is 0 Å². The number of hydrogen-bond donors (Lipinski definition) is 3. The number of anilines is 3. The Kier molecular flexibility index (Phi) is 4.14. The zero-order chi connectivity index (χ0) is 17.9. The van der Waals surface area contributed by atoms with Gasteiger partial charge in [-0.1, -0.05) is 12.1 Å². The zero-order valence-corrected chi connectivity index (χ0v) is 14.1. The number of furan rings is 1. The molecule has 1 aromatic carbocycles. The topological polar surface area (TPSA) is 120 Å². The van der Waals surface area contributed by atoms with Crippen molar-refractivity contribution >= 4 is 23.1 Å². The maximum Gasteiger partial charge on any atom is 0.225 e. The van der Waals surface area contributed by atoms with Gasteiger partial charge in [-0.25, -0.2) is 4.98 Å². The van der Waals surface area contributed by atoms with Gasteiger partial charge in [0.05, 0.1) is 6.26 Å². The van der Waals surface area contributed by atoms with E-state index in [9.17, 15) is 0 Å². The van der Waals surface area contributed by atoms with Crippen LogP contribution in [0.15, 0.2) is 53.1 Å². The lowest BCUT2D eigenvalue weighted by Gasteiger charge is -2.07. The van der Waals surface area contributed by atoms with Gasteiger partial charge < -0.3 is 21.2 Å². The number of aryl methyl sites for hydroxylation is 1. The van der Waals surface area contributed by atoms with Crippen molar-refractivity contribution in [2.45, 2.75) is 12.8 Å². The summed E-state index contributed by atoms with van der Waals surface area (Å²) in [6, 6.07) is 13.3. The molecule has 4 rings (SSSR count). The lowest BCUT2D eigenvalue weighted by atomic mass is 10.1. The van der Waals surface area contributed by atoms with Crippen molar-refractivity contribution in [1.82, 2.24) is 19.6 Å². The summed E-state index contributed by atoms with van der Waals surface area (Å²) in [5, 5.41) is 7.61. The minimum atomic E-state index is 0.272. The number of fused-ring (bicyclic) bond motifs is 1. The van der Waals surface area contributed by atoms with Gasteiger partial charge in [0.1, 0.15) is 5.82 Å². The number of rotatable bonds is 6. The van der Waals surface area contributed by atoms with Gasteiger partial charge in [-0.2, -0.15) is 9.50 Å². The predicted octanol–water partition coefficient (Wildman–Crippen LogP) is 2.59. The lowest BCUT2D eigenvalue weighted by molar-refractivity contribution is 0.577. The fraction of sp³-hybridized carbons (Fsp3) is 0.167. The van der Waals surface area contributed by atoms with Gasteiger partial charge in [0, 0.05) is 18.3 Å². The summed E-state index contributed by atoms with van der Waals surface area (Å²) in [6.45, 7) is 0.770. The fourth-order valence-corrected chi connectivity index (χ4v) is 2.71. The monoisotopic (exact) mass is 349 g/mol. The highest BCUT2D eigenvalue weighted by molar-refractivity contribution is 5.58. The Balaban J connectivity index is 1.42. The first kappa shape index (κ1) is 15.9. The van der Waals surface area contributed by atoms with Crippen LogP contribution < -0.4 is 16.8 Å². The van der Waals surface area contributed by atoms with E-state index in [4.69, 9.17) is 15.9 Å². The Morgan fingerprint density at radius 1 is 1.08 bits per heavy atom. The molecule has 0 aliphatic rings. The zero-order valence-electron chi connectivity index (χ0n) is 14.1. The van der Waals surface area contributed by atoms with E-state index in [-0.39, 0.29) is 5.95 Å². The molecule has 8 nitrogen and oxygen atoms in total. The van der Waals surface area contributed by atoms with Crippen molar-refractivity contribution in [1.29, 1.82) is 0 Å². The number of hydrogen-bond acceptors (Lipinski definition) is 7. The van der Waals surface area contributed by atoms with Crippen molar-refractivity contribution in [2.75, 3.05) is 23.3 Å². The maximum absolute atomic E-state index is 6.00. The van der Waals surface area contributed by atoms with Crippen LogP contribution in [0.25, 0.3) is 17.2 Å². The van der Waals surface area contributed by atoms with Crippen molar-refractivity contribution < 1.29 is 4.42 Å². The van der Waals surface area contributed by atoms with Crippen molar-refractivity contribution in [3.63, 3.8) is 0 Å². The molecule has 132 valence electrons. The standard InChI is InChI=1S/C18H19N7O/c19-13-7-5-12(6-8-13)3-1-9-21-15-11-16-23-17(14-4-2-10-26-14)24-25(16)18(20)22-15/h2,4-8,10-11,21H,1,3,9,19H2,(H2,20,22). The van der Waals surface area contributed by atoms with Gasteiger partial charge in [-0.15, -0.1) is 5.10 Å². The van der Waals surface area contributed by atoms with E-state index in [1.54, 1.807) is 18.4 Å². The van der Waals surface area contributed by atoms with Crippen LogP contribution in [-0.2, 0) is 6.42 Å². The summed E-state index contributed by atoms with van der Waals surface area (Å²) in [5.41, 5.74) is 14.3. The molecule has 0 bridgehead atoms. The molecular formula is C18H19N7O. The third kappa shape index (κ3) is 3.30. The first-order valence-electron chi connectivity index (χ1n) is 8.34. The number of nitrogens with zero attached hydrogens (tertiary/aromatic N) is 4. The number of nitrogens with one attached hydrogen (secondary N) is 1. The van der Waals surface area contributed by atoms with Gasteiger partial charge in [0.15, 0.2) is 11.4 Å². The predicted molar refractivity (Wildman–Crippen MR) is 101 cm³/mol. The van der Waals surface area contributed by atoms with E-state index < -0.39 is 0 Å². The van der Waals surface area contributed by atoms with Crippen LogP contribution in [0.1, 0.15) is 12.0 Å². The van der Waals surface area contributed by atoms with Crippen molar-refractivity contribution in [3.05, 3.63) is 54.3 Å². The summed E-state index contributed by atoms with van der Waals surface area (Å²) in [4.78, 5) is 8.78. The Morgan fingerprint density at radius 2 is 1.92 bits per heavy atom. The average Bonchev–Trinajstić information content (AvgIpc) is 3.30. The van der Waals surface area contributed by atoms with Crippen LogP contribution in [0.3, 0.4) is 0 Å². The summed E-state index contributed by atoms with van der Waals surface area (Å²) in [5.74, 6) is 2.01. The van der Waals surface area contributed by atoms with Crippen LogP contribution in [0.2, 0.25) is 0 Å². The molecule has 0 unspecified atom stereocenters. The van der Waals surface area contributed by atoms with Gasteiger partial charge in [0.25, 0.3) is 0 Å². The van der Waals surface area contributed by atoms with E-state index in [0.717, 1.165) is 25.1 Å². The van der Waals surface area contributed by atoms with E-state index in [1.165, 1.54) is 10.1 Å². The molecule has 0 aliphatic heterocycles. The molecule has 3 aromatic heterocycles. The number of nitrogens with two attached hydrogens (primary N) is 2. The molecule has 0 saturated heterocycles. The van der Waals surface area contributed by atoms with E-state index in [0.29, 0.717) is 23.0 Å². The summed E-state index contributed by atoms with van der Waals surface area (Å²) >= 11 is 0. The van der Waals surface area contributed by atoms with Gasteiger partial charge >= 0.3 is 0 Å². The summed E-state index contributed by atoms with van der Waals surface area (Å²) in [6.07, 6.45) is 3.50. The fourth-order valence-electron chi connectivity index (χ4n) is 2.71. The molecule has 5 N–H and O–H groups in total. The third-order valence-electron chi connectivity index (χ3n) is 4.02. The minimum Gasteiger partial charge on any atom is -0.461 e. The van der Waals surface area contributed by atoms with E-state index >= 15 is 0 Å². The molecule has 0 fully saturated rings. The molecule has 4 aromatic rings. The van der Waals surface area contributed by atoms with E-state index in [2.05, 4.69) is 20.4 Å². The lowest BCUT2D eigenvalue weighted by Crippen LogP contribution is -2.09. The Hall–Kier alpha value is -3.55. The molecule has 26 heavy (non-hydrogen) atoms. The van der Waals surface area contributed by atoms with Crippen LogP contribution >= 0.6 is 0 Å². The summed E-state index contributed by atoms with van der Waals surface area (Å²) < 4.78 is 6.82. The van der Waals surface area contributed by atoms with Crippen molar-refractivity contribution in [3.8, 4) is 11.6 Å². The number of benzene rings is 1. The number of aromatic nitrogens is 4. The molecule has 0 saturated carbocycles. The Bertz CT molecular complexity index is 1010. The highest BCUT2D eigenvalue weighted by Crippen LogP contribution is 2.19. The van der Waals surface area contributed by atoms with Gasteiger partial charge in [-0.05, 0) is 42.7 Å². The second kappa shape index (κ2) is 6.75. The molecule has 0 atom stereocenters. The molecule has 0 aliphatic carbocycles. The normalized spacial score (nSPS) is 11.1. The first-order valence-corrected chi connectivity index (χ1v) is 8.34. The minimum absolute atomic E-state index is 0.272. The molecule has 0 amide bonds. The maximum atomic E-state index is 6.00. The average molecular weight is 349 g/mol. The summed E-state index contributed by atoms with van der Waals surface area (Å²) in [7, 11) is 0. The molecule has 0 radical (unpaired) electrons. The van der Waals surface area contributed by atoms with Crippen LogP contribution in [0, 0.1) is 0 Å². The highest BCUT2D eigenvalue weighted by atomic mass is 16.3. The van der Waals surface area contributed by atoms with Crippen LogP contribution in [0.5, 0.6) is 0 Å². The van der Waals surface area contributed by atoms with Crippen LogP contribution in [0.4, 0.5) is 17.5 Å². The quantitative estimate of drug-likeness (QED) is 0.361. The smallest absolute Gasteiger partial charge is 0.225 e. The van der Waals surface area contributed by atoms with E-state index in [1.807, 2.05) is 30.3 Å².